The van der Waals surface area contributed by atoms with Crippen LogP contribution in [0, 0.1) is 0 Å². The van der Waals surface area contributed by atoms with E-state index in [-0.39, 0.29) is 12.5 Å². The van der Waals surface area contributed by atoms with Crippen LogP contribution in [-0.4, -0.2) is 50.5 Å². The molecule has 186 valence electrons. The van der Waals surface area contributed by atoms with Crippen molar-refractivity contribution in [3.05, 3.63) is 76.3 Å². The lowest BCUT2D eigenvalue weighted by Gasteiger charge is -2.32. The molecule has 10 heteroatoms. The van der Waals surface area contributed by atoms with Gasteiger partial charge in [0.2, 0.25) is 21.8 Å². The average Bonchev–Trinajstić information content (AvgIpc) is 2.81. The Labute approximate surface area is 215 Å². The predicted octanol–water partition coefficient (Wildman–Crippen LogP) is 4.47. The Hall–Kier alpha value is -2.81. The zero-order valence-corrected chi connectivity index (χ0v) is 22.0. The molecule has 0 saturated heterocycles. The van der Waals surface area contributed by atoms with E-state index in [2.05, 4.69) is 5.32 Å². The SMILES string of the molecule is CCNC(=O)[C@H](C)N(Cc1c(Cl)cccc1Cl)C(=O)CN(c1cccc2ccccc12)S(C)(=O)=O. The second kappa shape index (κ2) is 11.3. The molecule has 7 nitrogen and oxygen atoms in total. The van der Waals surface area contributed by atoms with E-state index in [0.717, 1.165) is 15.9 Å². The lowest BCUT2D eigenvalue weighted by molar-refractivity contribution is -0.139. The van der Waals surface area contributed by atoms with Crippen LogP contribution in [0.25, 0.3) is 10.8 Å². The van der Waals surface area contributed by atoms with Gasteiger partial charge in [0.05, 0.1) is 11.9 Å². The van der Waals surface area contributed by atoms with Gasteiger partial charge in [0, 0.05) is 34.1 Å². The number of nitrogens with zero attached hydrogens (tertiary/aromatic N) is 2. The van der Waals surface area contributed by atoms with E-state index in [9.17, 15) is 18.0 Å². The molecular weight excluding hydrogens is 509 g/mol. The molecule has 35 heavy (non-hydrogen) atoms. The standard InChI is InChI=1S/C25H27Cl2N3O4S/c1-4-28-25(32)17(2)29(15-20-21(26)12-8-13-22(20)27)24(31)16-30(35(3,33)34)23-14-7-10-18-9-5-6-11-19(18)23/h5-14,17H,4,15-16H2,1-3H3,(H,28,32)/t17-/m0/s1. The lowest BCUT2D eigenvalue weighted by Crippen LogP contribution is -2.51. The van der Waals surface area contributed by atoms with Gasteiger partial charge in [0.1, 0.15) is 12.6 Å². The fourth-order valence-corrected chi connectivity index (χ4v) is 5.16. The first-order valence-corrected chi connectivity index (χ1v) is 13.6. The summed E-state index contributed by atoms with van der Waals surface area (Å²) in [5, 5.41) is 4.91. The molecule has 1 atom stereocenters. The molecule has 1 N–H and O–H groups in total. The summed E-state index contributed by atoms with van der Waals surface area (Å²) < 4.78 is 26.7. The number of amides is 2. The summed E-state index contributed by atoms with van der Waals surface area (Å²) in [4.78, 5) is 27.6. The van der Waals surface area contributed by atoms with Gasteiger partial charge >= 0.3 is 0 Å². The molecule has 3 aromatic carbocycles. The second-order valence-electron chi connectivity index (χ2n) is 8.06. The van der Waals surface area contributed by atoms with Crippen LogP contribution in [-0.2, 0) is 26.2 Å². The van der Waals surface area contributed by atoms with E-state index >= 15 is 0 Å². The van der Waals surface area contributed by atoms with Crippen molar-refractivity contribution in [3.63, 3.8) is 0 Å². The number of benzene rings is 3. The van der Waals surface area contributed by atoms with Crippen molar-refractivity contribution >= 4 is 61.5 Å². The van der Waals surface area contributed by atoms with Crippen molar-refractivity contribution in [1.29, 1.82) is 0 Å². The topological polar surface area (TPSA) is 86.8 Å². The molecule has 0 aliphatic rings. The number of nitrogens with one attached hydrogen (secondary N) is 1. The van der Waals surface area contributed by atoms with E-state index in [4.69, 9.17) is 23.2 Å². The van der Waals surface area contributed by atoms with Crippen molar-refractivity contribution < 1.29 is 18.0 Å². The minimum atomic E-state index is -3.85. The maximum atomic E-state index is 13.6. The van der Waals surface area contributed by atoms with Crippen molar-refractivity contribution in [1.82, 2.24) is 10.2 Å². The summed E-state index contributed by atoms with van der Waals surface area (Å²) in [7, 11) is -3.85. The highest BCUT2D eigenvalue weighted by Crippen LogP contribution is 2.30. The lowest BCUT2D eigenvalue weighted by atomic mass is 10.1. The molecule has 0 radical (unpaired) electrons. The van der Waals surface area contributed by atoms with Crippen molar-refractivity contribution in [2.24, 2.45) is 0 Å². The van der Waals surface area contributed by atoms with Gasteiger partial charge in [-0.25, -0.2) is 8.42 Å². The highest BCUT2D eigenvalue weighted by atomic mass is 35.5. The van der Waals surface area contributed by atoms with Gasteiger partial charge in [-0.2, -0.15) is 0 Å². The number of rotatable bonds is 9. The Bertz CT molecular complexity index is 1320. The van der Waals surface area contributed by atoms with Crippen LogP contribution >= 0.6 is 23.2 Å². The number of halogens is 2. The Morgan fingerprint density at radius 2 is 1.57 bits per heavy atom. The molecule has 0 fully saturated rings. The van der Waals surface area contributed by atoms with Crippen molar-refractivity contribution in [2.45, 2.75) is 26.4 Å². The Kier molecular flexibility index (Phi) is 8.64. The molecule has 0 saturated carbocycles. The number of hydrogen-bond acceptors (Lipinski definition) is 4. The second-order valence-corrected chi connectivity index (χ2v) is 10.8. The molecule has 0 heterocycles. The minimum Gasteiger partial charge on any atom is -0.355 e. The third-order valence-electron chi connectivity index (χ3n) is 5.62. The van der Waals surface area contributed by atoms with Crippen LogP contribution in [0.1, 0.15) is 19.4 Å². The molecular formula is C25H27Cl2N3O4S. The normalized spacial score (nSPS) is 12.3. The number of hydrogen-bond donors (Lipinski definition) is 1. The fraction of sp³-hybridized carbons (Fsp3) is 0.280. The van der Waals surface area contributed by atoms with Gasteiger partial charge in [0.15, 0.2) is 0 Å². The Morgan fingerprint density at radius 1 is 0.971 bits per heavy atom. The van der Waals surface area contributed by atoms with Gasteiger partial charge in [-0.1, -0.05) is 65.7 Å². The maximum Gasteiger partial charge on any atom is 0.244 e. The third-order valence-corrected chi connectivity index (χ3v) is 7.46. The first kappa shape index (κ1) is 26.8. The number of anilines is 1. The summed E-state index contributed by atoms with van der Waals surface area (Å²) in [6.07, 6.45) is 1.05. The molecule has 3 aromatic rings. The van der Waals surface area contributed by atoms with E-state index < -0.39 is 28.5 Å². The van der Waals surface area contributed by atoms with Crippen LogP contribution < -0.4 is 9.62 Å². The summed E-state index contributed by atoms with van der Waals surface area (Å²) in [6, 6.07) is 16.6. The van der Waals surface area contributed by atoms with Crippen molar-refractivity contribution in [3.8, 4) is 0 Å². The molecule has 0 aliphatic carbocycles. The van der Waals surface area contributed by atoms with Crippen LogP contribution in [0.2, 0.25) is 10.0 Å². The smallest absolute Gasteiger partial charge is 0.244 e. The molecule has 0 unspecified atom stereocenters. The summed E-state index contributed by atoms with van der Waals surface area (Å²) in [6.45, 7) is 3.16. The van der Waals surface area contributed by atoms with Crippen LogP contribution in [0.4, 0.5) is 5.69 Å². The molecule has 3 rings (SSSR count). The van der Waals surface area contributed by atoms with E-state index in [0.29, 0.717) is 33.2 Å². The Morgan fingerprint density at radius 3 is 2.20 bits per heavy atom. The first-order chi connectivity index (χ1) is 16.5. The number of carbonyl (C=O) groups is 2. The number of likely N-dealkylation sites (N-methyl/N-ethyl adjacent to an activating group) is 1. The molecule has 0 aromatic heterocycles. The number of fused-ring (bicyclic) bond motifs is 1. The van der Waals surface area contributed by atoms with Crippen LogP contribution in [0.5, 0.6) is 0 Å². The highest BCUT2D eigenvalue weighted by Gasteiger charge is 2.31. The average molecular weight is 536 g/mol. The summed E-state index contributed by atoms with van der Waals surface area (Å²) >= 11 is 12.7. The quantitative estimate of drug-likeness (QED) is 0.438. The highest BCUT2D eigenvalue weighted by molar-refractivity contribution is 7.92. The monoisotopic (exact) mass is 535 g/mol. The summed E-state index contributed by atoms with van der Waals surface area (Å²) in [5.41, 5.74) is 0.844. The third kappa shape index (κ3) is 6.25. The Balaban J connectivity index is 2.03. The maximum absolute atomic E-state index is 13.6. The van der Waals surface area contributed by atoms with Gasteiger partial charge in [-0.15, -0.1) is 0 Å². The molecule has 0 bridgehead atoms. The first-order valence-electron chi connectivity index (χ1n) is 11.0. The summed E-state index contributed by atoms with van der Waals surface area (Å²) in [5.74, 6) is -0.946. The van der Waals surface area contributed by atoms with Crippen LogP contribution in [0.15, 0.2) is 60.7 Å². The number of sulfonamides is 1. The molecule has 2 amide bonds. The number of carbonyl (C=O) groups excluding carboxylic acids is 2. The van der Waals surface area contributed by atoms with Crippen molar-refractivity contribution in [2.75, 3.05) is 23.7 Å². The van der Waals surface area contributed by atoms with E-state index in [1.807, 2.05) is 18.2 Å². The molecule has 0 spiro atoms. The predicted molar refractivity (Wildman–Crippen MR) is 141 cm³/mol. The minimum absolute atomic E-state index is 0.0667. The van der Waals surface area contributed by atoms with E-state index in [1.54, 1.807) is 56.3 Å². The molecule has 0 aliphatic heterocycles. The zero-order valence-electron chi connectivity index (χ0n) is 19.7. The van der Waals surface area contributed by atoms with Gasteiger partial charge < -0.3 is 10.2 Å². The van der Waals surface area contributed by atoms with E-state index in [1.165, 1.54) is 4.90 Å². The zero-order chi connectivity index (χ0) is 25.8. The fourth-order valence-electron chi connectivity index (χ4n) is 3.78. The largest absolute Gasteiger partial charge is 0.355 e. The van der Waals surface area contributed by atoms with Crippen LogP contribution in [0.3, 0.4) is 0 Å². The van der Waals surface area contributed by atoms with Gasteiger partial charge in [-0.05, 0) is 37.4 Å². The van der Waals surface area contributed by atoms with Gasteiger partial charge in [0.25, 0.3) is 0 Å². The van der Waals surface area contributed by atoms with Gasteiger partial charge in [-0.3, -0.25) is 13.9 Å².